The van der Waals surface area contributed by atoms with Crippen molar-refractivity contribution in [3.63, 3.8) is 0 Å². The van der Waals surface area contributed by atoms with E-state index in [2.05, 4.69) is 10.1 Å². The van der Waals surface area contributed by atoms with Crippen molar-refractivity contribution in [3.8, 4) is 0 Å². The van der Waals surface area contributed by atoms with Gasteiger partial charge in [0, 0.05) is 32.2 Å². The van der Waals surface area contributed by atoms with E-state index in [4.69, 9.17) is 4.52 Å². The lowest BCUT2D eigenvalue weighted by molar-refractivity contribution is -0.145. The zero-order valence-electron chi connectivity index (χ0n) is 16.4. The highest BCUT2D eigenvalue weighted by Crippen LogP contribution is 2.41. The number of hydrogen-bond acceptors (Lipinski definition) is 4. The first-order valence-corrected chi connectivity index (χ1v) is 10.6. The number of aromatic nitrogens is 1. The molecule has 0 bridgehead atoms. The molecular formula is C21H31N3O3. The Hall–Kier alpha value is -1.85. The number of carbonyl (C=O) groups excluding carboxylic acids is 2. The molecule has 1 unspecified atom stereocenters. The second-order valence-electron chi connectivity index (χ2n) is 8.77. The Morgan fingerprint density at radius 1 is 1.22 bits per heavy atom. The second-order valence-corrected chi connectivity index (χ2v) is 8.77. The SMILES string of the molecule is Cc1cc(C(=O)N2CCC3(CCCN(CCC4CCCCC4)C3=O)C2)no1. The molecule has 6 nitrogen and oxygen atoms in total. The van der Waals surface area contributed by atoms with E-state index in [0.29, 0.717) is 24.5 Å². The maximum Gasteiger partial charge on any atom is 0.276 e. The first-order valence-electron chi connectivity index (χ1n) is 10.6. The Balaban J connectivity index is 1.37. The van der Waals surface area contributed by atoms with E-state index < -0.39 is 0 Å². The normalized spacial score (nSPS) is 26.9. The van der Waals surface area contributed by atoms with E-state index in [1.165, 1.54) is 32.1 Å². The lowest BCUT2D eigenvalue weighted by Crippen LogP contribution is -2.50. The van der Waals surface area contributed by atoms with Crippen LogP contribution in [0.4, 0.5) is 0 Å². The summed E-state index contributed by atoms with van der Waals surface area (Å²) in [4.78, 5) is 29.9. The second kappa shape index (κ2) is 7.64. The van der Waals surface area contributed by atoms with Crippen LogP contribution in [-0.2, 0) is 4.79 Å². The Kier molecular flexibility index (Phi) is 5.24. The van der Waals surface area contributed by atoms with Gasteiger partial charge in [0.2, 0.25) is 5.91 Å². The van der Waals surface area contributed by atoms with E-state index in [-0.39, 0.29) is 17.2 Å². The Morgan fingerprint density at radius 2 is 2.04 bits per heavy atom. The molecule has 2 amide bonds. The highest BCUT2D eigenvalue weighted by molar-refractivity contribution is 5.93. The molecule has 1 saturated carbocycles. The molecule has 0 radical (unpaired) electrons. The minimum Gasteiger partial charge on any atom is -0.361 e. The Labute approximate surface area is 161 Å². The number of aryl methyl sites for hydroxylation is 1. The predicted octanol–water partition coefficient (Wildman–Crippen LogP) is 3.41. The van der Waals surface area contributed by atoms with Crippen LogP contribution in [0.2, 0.25) is 0 Å². The monoisotopic (exact) mass is 373 g/mol. The van der Waals surface area contributed by atoms with Gasteiger partial charge in [-0.1, -0.05) is 37.3 Å². The summed E-state index contributed by atoms with van der Waals surface area (Å²) in [5.74, 6) is 1.59. The van der Waals surface area contributed by atoms with Crippen LogP contribution in [0.25, 0.3) is 0 Å². The van der Waals surface area contributed by atoms with E-state index >= 15 is 0 Å². The average Bonchev–Trinajstić information content (AvgIpc) is 3.31. The number of piperidine rings is 1. The zero-order chi connectivity index (χ0) is 18.9. The van der Waals surface area contributed by atoms with Crippen molar-refractivity contribution in [2.45, 2.75) is 64.7 Å². The van der Waals surface area contributed by atoms with Gasteiger partial charge < -0.3 is 14.3 Å². The zero-order valence-corrected chi connectivity index (χ0v) is 16.4. The fourth-order valence-electron chi connectivity index (χ4n) is 5.23. The van der Waals surface area contributed by atoms with Gasteiger partial charge in [-0.25, -0.2) is 0 Å². The van der Waals surface area contributed by atoms with Gasteiger partial charge in [-0.15, -0.1) is 0 Å². The molecule has 3 fully saturated rings. The van der Waals surface area contributed by atoms with Crippen molar-refractivity contribution >= 4 is 11.8 Å². The average molecular weight is 373 g/mol. The maximum absolute atomic E-state index is 13.3. The molecule has 148 valence electrons. The number of carbonyl (C=O) groups is 2. The summed E-state index contributed by atoms with van der Waals surface area (Å²) in [5.41, 5.74) is -0.0267. The standard InChI is InChI=1S/C21H31N3O3/c1-16-14-18(22-27-16)19(25)24-13-10-21(15-24)9-5-11-23(20(21)26)12-8-17-6-3-2-4-7-17/h14,17H,2-13,15H2,1H3. The molecule has 1 aromatic heterocycles. The minimum atomic E-state index is -0.376. The molecule has 1 atom stereocenters. The van der Waals surface area contributed by atoms with Gasteiger partial charge in [0.1, 0.15) is 5.76 Å². The van der Waals surface area contributed by atoms with Gasteiger partial charge in [-0.05, 0) is 38.5 Å². The van der Waals surface area contributed by atoms with Crippen molar-refractivity contribution in [1.29, 1.82) is 0 Å². The summed E-state index contributed by atoms with van der Waals surface area (Å²) in [6.07, 6.45) is 10.6. The third kappa shape index (κ3) is 3.76. The summed E-state index contributed by atoms with van der Waals surface area (Å²) in [7, 11) is 0. The smallest absolute Gasteiger partial charge is 0.276 e. The molecule has 6 heteroatoms. The Morgan fingerprint density at radius 3 is 2.78 bits per heavy atom. The van der Waals surface area contributed by atoms with Crippen LogP contribution in [0.3, 0.4) is 0 Å². The Bertz CT molecular complexity index is 695. The number of amides is 2. The number of likely N-dealkylation sites (tertiary alicyclic amines) is 2. The van der Waals surface area contributed by atoms with Crippen LogP contribution in [0.1, 0.15) is 74.0 Å². The number of nitrogens with zero attached hydrogens (tertiary/aromatic N) is 3. The fourth-order valence-corrected chi connectivity index (χ4v) is 5.23. The van der Waals surface area contributed by atoms with Crippen molar-refractivity contribution < 1.29 is 14.1 Å². The van der Waals surface area contributed by atoms with Gasteiger partial charge in [0.15, 0.2) is 5.69 Å². The van der Waals surface area contributed by atoms with Gasteiger partial charge in [0.05, 0.1) is 5.41 Å². The fraction of sp³-hybridized carbons (Fsp3) is 0.762. The van der Waals surface area contributed by atoms with Crippen molar-refractivity contribution in [1.82, 2.24) is 15.0 Å². The summed E-state index contributed by atoms with van der Waals surface area (Å²) < 4.78 is 5.04. The molecule has 2 saturated heterocycles. The maximum atomic E-state index is 13.3. The molecule has 3 aliphatic rings. The van der Waals surface area contributed by atoms with Crippen LogP contribution in [-0.4, -0.2) is 52.9 Å². The summed E-state index contributed by atoms with van der Waals surface area (Å²) in [5, 5.41) is 3.85. The van der Waals surface area contributed by atoms with Crippen molar-refractivity contribution in [2.24, 2.45) is 11.3 Å². The van der Waals surface area contributed by atoms with Crippen LogP contribution >= 0.6 is 0 Å². The largest absolute Gasteiger partial charge is 0.361 e. The third-order valence-corrected chi connectivity index (χ3v) is 6.84. The quantitative estimate of drug-likeness (QED) is 0.811. The molecule has 0 aromatic carbocycles. The molecule has 4 rings (SSSR count). The van der Waals surface area contributed by atoms with Crippen LogP contribution < -0.4 is 0 Å². The highest BCUT2D eigenvalue weighted by atomic mass is 16.5. The summed E-state index contributed by atoms with van der Waals surface area (Å²) in [6, 6.07) is 1.67. The molecule has 0 N–H and O–H groups in total. The van der Waals surface area contributed by atoms with E-state index in [0.717, 1.165) is 44.7 Å². The summed E-state index contributed by atoms with van der Waals surface area (Å²) in [6.45, 7) is 4.71. The van der Waals surface area contributed by atoms with Crippen LogP contribution in [0.5, 0.6) is 0 Å². The lowest BCUT2D eigenvalue weighted by Gasteiger charge is -2.40. The molecule has 1 aliphatic carbocycles. The van der Waals surface area contributed by atoms with E-state index in [1.54, 1.807) is 17.9 Å². The first kappa shape index (κ1) is 18.5. The van der Waals surface area contributed by atoms with Crippen LogP contribution in [0.15, 0.2) is 10.6 Å². The van der Waals surface area contributed by atoms with E-state index in [1.807, 2.05) is 0 Å². The first-order chi connectivity index (χ1) is 13.1. The molecule has 2 aliphatic heterocycles. The minimum absolute atomic E-state index is 0.115. The van der Waals surface area contributed by atoms with E-state index in [9.17, 15) is 9.59 Å². The molecule has 1 spiro atoms. The highest BCUT2D eigenvalue weighted by Gasteiger charge is 2.49. The lowest BCUT2D eigenvalue weighted by atomic mass is 9.78. The number of hydrogen-bond donors (Lipinski definition) is 0. The summed E-state index contributed by atoms with van der Waals surface area (Å²) >= 11 is 0. The molecule has 3 heterocycles. The van der Waals surface area contributed by atoms with Gasteiger partial charge in [0.25, 0.3) is 5.91 Å². The van der Waals surface area contributed by atoms with Crippen molar-refractivity contribution in [2.75, 3.05) is 26.2 Å². The van der Waals surface area contributed by atoms with Gasteiger partial charge in [-0.3, -0.25) is 9.59 Å². The van der Waals surface area contributed by atoms with Gasteiger partial charge in [-0.2, -0.15) is 0 Å². The number of rotatable bonds is 4. The molecular weight excluding hydrogens is 342 g/mol. The van der Waals surface area contributed by atoms with Crippen LogP contribution in [0, 0.1) is 18.3 Å². The van der Waals surface area contributed by atoms with Crippen molar-refractivity contribution in [3.05, 3.63) is 17.5 Å². The third-order valence-electron chi connectivity index (χ3n) is 6.84. The topological polar surface area (TPSA) is 66.7 Å². The molecule has 1 aromatic rings. The molecule has 27 heavy (non-hydrogen) atoms. The predicted molar refractivity (Wildman–Crippen MR) is 101 cm³/mol. The van der Waals surface area contributed by atoms with Gasteiger partial charge >= 0.3 is 0 Å².